The summed E-state index contributed by atoms with van der Waals surface area (Å²) in [7, 11) is 0. The molecule has 24 heavy (non-hydrogen) atoms. The van der Waals surface area contributed by atoms with Gasteiger partial charge in [0.15, 0.2) is 0 Å². The summed E-state index contributed by atoms with van der Waals surface area (Å²) in [6.45, 7) is 13.5. The Kier molecular flexibility index (Phi) is 9.23. The number of likely N-dealkylation sites (N-methyl/N-ethyl adjacent to an activating group) is 1. The molecule has 0 aliphatic heterocycles. The zero-order valence-corrected chi connectivity index (χ0v) is 15.7. The van der Waals surface area contributed by atoms with Gasteiger partial charge in [-0.05, 0) is 57.1 Å². The molecule has 5 heteroatoms. The van der Waals surface area contributed by atoms with Crippen molar-refractivity contribution in [1.29, 1.82) is 0 Å². The van der Waals surface area contributed by atoms with Gasteiger partial charge in [0, 0.05) is 12.2 Å². The summed E-state index contributed by atoms with van der Waals surface area (Å²) >= 11 is 0. The SMILES string of the molecule is CCCCOc1ccc(NC(=O)OC(C)CN(CC)CC)c(C)c1. The fraction of sp³-hybridized carbons (Fsp3) is 0.632. The number of carbonyl (C=O) groups excluding carboxylic acids is 1. The van der Waals surface area contributed by atoms with E-state index in [1.807, 2.05) is 32.0 Å². The molecule has 0 aliphatic carbocycles. The van der Waals surface area contributed by atoms with Crippen LogP contribution in [0.1, 0.15) is 46.1 Å². The first-order valence-electron chi connectivity index (χ1n) is 8.93. The Balaban J connectivity index is 2.51. The van der Waals surface area contributed by atoms with Crippen LogP contribution >= 0.6 is 0 Å². The average molecular weight is 336 g/mol. The summed E-state index contributed by atoms with van der Waals surface area (Å²) in [6.07, 6.45) is 1.57. The molecule has 0 aliphatic rings. The molecule has 5 nitrogen and oxygen atoms in total. The molecule has 1 aromatic carbocycles. The van der Waals surface area contributed by atoms with Gasteiger partial charge in [-0.15, -0.1) is 0 Å². The molecule has 0 radical (unpaired) electrons. The number of aryl methyl sites for hydroxylation is 1. The molecule has 1 unspecified atom stereocenters. The van der Waals surface area contributed by atoms with Gasteiger partial charge in [-0.1, -0.05) is 27.2 Å². The van der Waals surface area contributed by atoms with E-state index >= 15 is 0 Å². The van der Waals surface area contributed by atoms with Crippen molar-refractivity contribution < 1.29 is 14.3 Å². The lowest BCUT2D eigenvalue weighted by Gasteiger charge is -2.22. The van der Waals surface area contributed by atoms with Gasteiger partial charge in [0.05, 0.1) is 6.61 Å². The van der Waals surface area contributed by atoms with E-state index in [-0.39, 0.29) is 6.10 Å². The lowest BCUT2D eigenvalue weighted by Crippen LogP contribution is -2.34. The number of benzene rings is 1. The molecule has 1 rings (SSSR count). The predicted molar refractivity (Wildman–Crippen MR) is 98.9 cm³/mol. The van der Waals surface area contributed by atoms with Crippen molar-refractivity contribution in [2.75, 3.05) is 31.6 Å². The quantitative estimate of drug-likeness (QED) is 0.641. The van der Waals surface area contributed by atoms with Crippen molar-refractivity contribution in [3.63, 3.8) is 0 Å². The van der Waals surface area contributed by atoms with E-state index in [0.29, 0.717) is 6.61 Å². The normalized spacial score (nSPS) is 12.1. The van der Waals surface area contributed by atoms with Gasteiger partial charge in [-0.3, -0.25) is 5.32 Å². The lowest BCUT2D eigenvalue weighted by atomic mass is 10.2. The van der Waals surface area contributed by atoms with E-state index in [9.17, 15) is 4.79 Å². The predicted octanol–water partition coefficient (Wildman–Crippen LogP) is 4.45. The van der Waals surface area contributed by atoms with Gasteiger partial charge < -0.3 is 14.4 Å². The highest BCUT2D eigenvalue weighted by molar-refractivity contribution is 5.85. The number of carbonyl (C=O) groups is 1. The molecule has 1 N–H and O–H groups in total. The van der Waals surface area contributed by atoms with Crippen LogP contribution in [-0.2, 0) is 4.74 Å². The average Bonchev–Trinajstić information content (AvgIpc) is 2.55. The second-order valence-electron chi connectivity index (χ2n) is 6.01. The fourth-order valence-electron chi connectivity index (χ4n) is 2.41. The minimum atomic E-state index is -0.419. The molecule has 0 saturated carbocycles. The summed E-state index contributed by atoms with van der Waals surface area (Å²) < 4.78 is 11.1. The van der Waals surface area contributed by atoms with Gasteiger partial charge >= 0.3 is 6.09 Å². The molecule has 0 fully saturated rings. The standard InChI is InChI=1S/C19H32N2O3/c1-6-9-12-23-17-10-11-18(15(4)13-17)20-19(22)24-16(5)14-21(7-2)8-3/h10-11,13,16H,6-9,12,14H2,1-5H3,(H,20,22). The van der Waals surface area contributed by atoms with Gasteiger partial charge in [-0.25, -0.2) is 4.79 Å². The maximum absolute atomic E-state index is 12.0. The molecule has 1 aromatic rings. The van der Waals surface area contributed by atoms with E-state index in [0.717, 1.165) is 49.5 Å². The molecule has 0 spiro atoms. The summed E-state index contributed by atoms with van der Waals surface area (Å²) in [5.41, 5.74) is 1.70. The Bertz CT molecular complexity index is 501. The third kappa shape index (κ3) is 7.21. The molecule has 0 heterocycles. The smallest absolute Gasteiger partial charge is 0.411 e. The van der Waals surface area contributed by atoms with Crippen molar-refractivity contribution in [2.24, 2.45) is 0 Å². The molecule has 136 valence electrons. The maximum Gasteiger partial charge on any atom is 0.411 e. The second kappa shape index (κ2) is 10.9. The molecule has 0 saturated heterocycles. The van der Waals surface area contributed by atoms with Gasteiger partial charge in [0.2, 0.25) is 0 Å². The number of amides is 1. The monoisotopic (exact) mass is 336 g/mol. The number of nitrogens with one attached hydrogen (secondary N) is 1. The summed E-state index contributed by atoms with van der Waals surface area (Å²) in [6, 6.07) is 5.66. The highest BCUT2D eigenvalue weighted by atomic mass is 16.6. The van der Waals surface area contributed by atoms with Crippen molar-refractivity contribution in [3.05, 3.63) is 23.8 Å². The third-order valence-corrected chi connectivity index (χ3v) is 3.92. The second-order valence-corrected chi connectivity index (χ2v) is 6.01. The number of anilines is 1. The molecular formula is C19H32N2O3. The topological polar surface area (TPSA) is 50.8 Å². The zero-order valence-electron chi connectivity index (χ0n) is 15.7. The van der Waals surface area contributed by atoms with E-state index in [4.69, 9.17) is 9.47 Å². The summed E-state index contributed by atoms with van der Waals surface area (Å²) in [4.78, 5) is 14.3. The van der Waals surface area contributed by atoms with Crippen molar-refractivity contribution in [2.45, 2.75) is 53.6 Å². The minimum Gasteiger partial charge on any atom is -0.494 e. The van der Waals surface area contributed by atoms with Crippen LogP contribution in [0, 0.1) is 6.92 Å². The van der Waals surface area contributed by atoms with Crippen LogP contribution in [0.15, 0.2) is 18.2 Å². The van der Waals surface area contributed by atoms with Crippen LogP contribution in [0.5, 0.6) is 5.75 Å². The van der Waals surface area contributed by atoms with Gasteiger partial charge in [0.25, 0.3) is 0 Å². The first-order valence-corrected chi connectivity index (χ1v) is 8.93. The van der Waals surface area contributed by atoms with E-state index in [1.165, 1.54) is 0 Å². The number of ether oxygens (including phenoxy) is 2. The molecule has 1 amide bonds. The van der Waals surface area contributed by atoms with Crippen molar-refractivity contribution in [1.82, 2.24) is 4.90 Å². The van der Waals surface area contributed by atoms with Crippen molar-refractivity contribution >= 4 is 11.8 Å². The number of nitrogens with zero attached hydrogens (tertiary/aromatic N) is 1. The number of hydrogen-bond acceptors (Lipinski definition) is 4. The molecule has 0 aromatic heterocycles. The largest absolute Gasteiger partial charge is 0.494 e. The van der Waals surface area contributed by atoms with E-state index in [1.54, 1.807) is 0 Å². The Morgan fingerprint density at radius 3 is 2.54 bits per heavy atom. The fourth-order valence-corrected chi connectivity index (χ4v) is 2.41. The Hall–Kier alpha value is -1.75. The minimum absolute atomic E-state index is 0.151. The number of hydrogen-bond donors (Lipinski definition) is 1. The van der Waals surface area contributed by atoms with Crippen LogP contribution < -0.4 is 10.1 Å². The zero-order chi connectivity index (χ0) is 17.9. The Morgan fingerprint density at radius 2 is 1.96 bits per heavy atom. The lowest BCUT2D eigenvalue weighted by molar-refractivity contribution is 0.0929. The first kappa shape index (κ1) is 20.3. The maximum atomic E-state index is 12.0. The first-order chi connectivity index (χ1) is 11.5. The number of unbranched alkanes of at least 4 members (excludes halogenated alkanes) is 1. The Morgan fingerprint density at radius 1 is 1.25 bits per heavy atom. The van der Waals surface area contributed by atoms with Crippen LogP contribution in [0.25, 0.3) is 0 Å². The summed E-state index contributed by atoms with van der Waals surface area (Å²) in [5, 5.41) is 2.81. The summed E-state index contributed by atoms with van der Waals surface area (Å²) in [5.74, 6) is 0.828. The molecule has 1 atom stereocenters. The van der Waals surface area contributed by atoms with Gasteiger partial charge in [0.1, 0.15) is 11.9 Å². The highest BCUT2D eigenvalue weighted by Crippen LogP contribution is 2.22. The van der Waals surface area contributed by atoms with Crippen molar-refractivity contribution in [3.8, 4) is 5.75 Å². The van der Waals surface area contributed by atoms with Gasteiger partial charge in [-0.2, -0.15) is 0 Å². The molecule has 0 bridgehead atoms. The van der Waals surface area contributed by atoms with Crippen LogP contribution in [-0.4, -0.2) is 43.3 Å². The van der Waals surface area contributed by atoms with Crippen LogP contribution in [0.3, 0.4) is 0 Å². The van der Waals surface area contributed by atoms with E-state index in [2.05, 4.69) is 31.0 Å². The van der Waals surface area contributed by atoms with E-state index < -0.39 is 6.09 Å². The third-order valence-electron chi connectivity index (χ3n) is 3.92. The Labute approximate surface area is 146 Å². The highest BCUT2D eigenvalue weighted by Gasteiger charge is 2.13. The van der Waals surface area contributed by atoms with Crippen LogP contribution in [0.2, 0.25) is 0 Å². The molecular weight excluding hydrogens is 304 g/mol. The number of rotatable bonds is 10. The van der Waals surface area contributed by atoms with Crippen LogP contribution in [0.4, 0.5) is 10.5 Å².